The van der Waals surface area contributed by atoms with Crippen LogP contribution in [0.15, 0.2) is 30.5 Å². The van der Waals surface area contributed by atoms with Crippen molar-refractivity contribution < 1.29 is 22.8 Å². The van der Waals surface area contributed by atoms with Gasteiger partial charge in [0, 0.05) is 20.9 Å². The van der Waals surface area contributed by atoms with Crippen LogP contribution < -0.4 is 4.73 Å². The van der Waals surface area contributed by atoms with E-state index in [2.05, 4.69) is 4.98 Å². The van der Waals surface area contributed by atoms with Crippen molar-refractivity contribution in [3.63, 3.8) is 0 Å². The molecule has 0 aliphatic rings. The Kier molecular flexibility index (Phi) is 2.48. The van der Waals surface area contributed by atoms with Crippen LogP contribution in [0.2, 0.25) is 0 Å². The lowest BCUT2D eigenvalue weighted by molar-refractivity contribution is -0.575. The monoisotopic (exact) mass is 321 g/mol. The Hall–Kier alpha value is -2.18. The lowest BCUT2D eigenvalue weighted by atomic mass is 10.1. The largest absolute Gasteiger partial charge is 0.618 e. The van der Waals surface area contributed by atoms with Crippen LogP contribution in [0.25, 0.3) is 21.9 Å². The Balaban J connectivity index is 2.33. The molecular formula is C17H21N3O3. The van der Waals surface area contributed by atoms with Crippen molar-refractivity contribution in [2.45, 2.75) is 39.4 Å². The van der Waals surface area contributed by atoms with E-state index in [9.17, 15) is 10.3 Å². The highest BCUT2D eigenvalue weighted by atomic mass is 16.5. The first kappa shape index (κ1) is 9.85. The molecule has 0 amide bonds. The number of imidazole rings is 1. The van der Waals surface area contributed by atoms with Crippen LogP contribution in [0.1, 0.15) is 34.7 Å². The summed E-state index contributed by atoms with van der Waals surface area (Å²) in [6.07, 6.45) is 1.23. The molecule has 0 aliphatic heterocycles. The number of hydrogen-bond acceptors (Lipinski definition) is 4. The molecule has 3 aromatic rings. The van der Waals surface area contributed by atoms with Gasteiger partial charge in [0.25, 0.3) is 0 Å². The van der Waals surface area contributed by atoms with Crippen LogP contribution in [-0.2, 0) is 17.9 Å². The molecule has 1 N–H and O–H groups in total. The predicted octanol–water partition coefficient (Wildman–Crippen LogP) is 2.13. The molecule has 2 heterocycles. The summed E-state index contributed by atoms with van der Waals surface area (Å²) in [6, 6.07) is 6.60. The molecule has 0 aliphatic carbocycles. The summed E-state index contributed by atoms with van der Waals surface area (Å²) in [7, 11) is 0. The van der Waals surface area contributed by atoms with Gasteiger partial charge in [-0.2, -0.15) is 4.73 Å². The van der Waals surface area contributed by atoms with Gasteiger partial charge in [0.2, 0.25) is 11.7 Å². The number of para-hydroxylation sites is 1. The van der Waals surface area contributed by atoms with Crippen LogP contribution in [0.3, 0.4) is 0 Å². The van der Waals surface area contributed by atoms with Gasteiger partial charge >= 0.3 is 0 Å². The lowest BCUT2D eigenvalue weighted by Gasteiger charge is -2.20. The fraction of sp³-hybridized carbons (Fsp3) is 0.412. The molecule has 0 unspecified atom stereocenters. The summed E-state index contributed by atoms with van der Waals surface area (Å²) in [5.41, 5.74) is -2.13. The number of nitrogens with zero attached hydrogens (tertiary/aromatic N) is 3. The van der Waals surface area contributed by atoms with Crippen molar-refractivity contribution in [3.8, 4) is 0 Å². The number of rotatable bonds is 5. The third-order valence-corrected chi connectivity index (χ3v) is 3.53. The minimum Gasteiger partial charge on any atom is -0.618 e. The number of pyridine rings is 1. The highest BCUT2D eigenvalue weighted by Gasteiger charge is 2.22. The van der Waals surface area contributed by atoms with E-state index in [1.54, 1.807) is 31.2 Å². The van der Waals surface area contributed by atoms with Gasteiger partial charge in [0.05, 0.1) is 23.0 Å². The zero-order valence-corrected chi connectivity index (χ0v) is 12.6. The maximum Gasteiger partial charge on any atom is 0.226 e. The molecule has 1 aromatic carbocycles. The maximum absolute atomic E-state index is 12.3. The molecule has 6 nitrogen and oxygen atoms in total. The SMILES string of the molecule is [2H]C([2H])([2H])C(O)(Cn1c(COCC)nc2c[n+]([O-])c3ccccc3c21)C([2H])([2H])[2H]. The third kappa shape index (κ3) is 3.00. The van der Waals surface area contributed by atoms with Gasteiger partial charge in [0.1, 0.15) is 12.4 Å². The predicted molar refractivity (Wildman–Crippen MR) is 87.8 cm³/mol. The summed E-state index contributed by atoms with van der Waals surface area (Å²) in [5.74, 6) is 0.213. The van der Waals surface area contributed by atoms with Crippen molar-refractivity contribution in [1.82, 2.24) is 9.55 Å². The average Bonchev–Trinajstić information content (AvgIpc) is 2.95. The first-order valence-electron chi connectivity index (χ1n) is 10.2. The van der Waals surface area contributed by atoms with E-state index < -0.39 is 25.8 Å². The number of aromatic nitrogens is 3. The molecular weight excluding hydrogens is 294 g/mol. The van der Waals surface area contributed by atoms with Gasteiger partial charge in [-0.1, -0.05) is 12.1 Å². The zero-order valence-electron chi connectivity index (χ0n) is 18.6. The van der Waals surface area contributed by atoms with Gasteiger partial charge in [-0.15, -0.1) is 0 Å². The Bertz CT molecular complexity index is 1030. The van der Waals surface area contributed by atoms with E-state index >= 15 is 0 Å². The maximum atomic E-state index is 12.3. The Morgan fingerprint density at radius 2 is 2.22 bits per heavy atom. The Morgan fingerprint density at radius 3 is 2.96 bits per heavy atom. The molecule has 0 atom stereocenters. The molecule has 0 radical (unpaired) electrons. The van der Waals surface area contributed by atoms with Crippen LogP contribution >= 0.6 is 0 Å². The number of benzene rings is 1. The molecule has 2 aromatic heterocycles. The van der Waals surface area contributed by atoms with Crippen molar-refractivity contribution in [2.24, 2.45) is 0 Å². The van der Waals surface area contributed by atoms with Crippen LogP contribution in [0.4, 0.5) is 0 Å². The fourth-order valence-corrected chi connectivity index (χ4v) is 2.64. The molecule has 122 valence electrons. The average molecular weight is 321 g/mol. The van der Waals surface area contributed by atoms with E-state index in [1.165, 1.54) is 10.8 Å². The number of fused-ring (bicyclic) bond motifs is 3. The molecule has 0 spiro atoms. The normalized spacial score (nSPS) is 17.3. The van der Waals surface area contributed by atoms with Gasteiger partial charge in [-0.3, -0.25) is 0 Å². The van der Waals surface area contributed by atoms with Gasteiger partial charge < -0.3 is 19.6 Å². The minimum atomic E-state index is -3.19. The van der Waals surface area contributed by atoms with E-state index in [4.69, 9.17) is 13.0 Å². The van der Waals surface area contributed by atoms with E-state index in [0.29, 0.717) is 27.8 Å². The van der Waals surface area contributed by atoms with Crippen LogP contribution in [0.5, 0.6) is 0 Å². The first-order chi connectivity index (χ1) is 13.4. The van der Waals surface area contributed by atoms with Crippen LogP contribution in [-0.4, -0.2) is 26.9 Å². The third-order valence-electron chi connectivity index (χ3n) is 3.53. The molecule has 6 heteroatoms. The standard InChI is InChI=1S/C17H21N3O3/c1-4-23-10-15-18-13-9-20(22)14-8-6-5-7-12(14)16(13)19(15)11-17(2,3)21/h5-9,21H,4,10-11H2,1-3H3/i2D3,3D3. The van der Waals surface area contributed by atoms with Gasteiger partial charge in [-0.25, -0.2) is 4.98 Å². The summed E-state index contributed by atoms with van der Waals surface area (Å²) in [4.78, 5) is 4.35. The van der Waals surface area contributed by atoms with Crippen LogP contribution in [0, 0.1) is 5.21 Å². The van der Waals surface area contributed by atoms with Gasteiger partial charge in [0.15, 0.2) is 5.52 Å². The highest BCUT2D eigenvalue weighted by Crippen LogP contribution is 2.25. The molecule has 0 fully saturated rings. The second-order valence-corrected chi connectivity index (χ2v) is 5.32. The quantitative estimate of drug-likeness (QED) is 0.577. The summed E-state index contributed by atoms with van der Waals surface area (Å²) in [6.45, 7) is -5.10. The second kappa shape index (κ2) is 5.79. The molecule has 23 heavy (non-hydrogen) atoms. The van der Waals surface area contributed by atoms with Crippen molar-refractivity contribution in [2.75, 3.05) is 6.61 Å². The smallest absolute Gasteiger partial charge is 0.226 e. The molecule has 0 saturated carbocycles. The van der Waals surface area contributed by atoms with E-state index in [-0.39, 0.29) is 17.9 Å². The Morgan fingerprint density at radius 1 is 1.43 bits per heavy atom. The van der Waals surface area contributed by atoms with Crippen molar-refractivity contribution >= 4 is 21.9 Å². The summed E-state index contributed by atoms with van der Waals surface area (Å²) in [5, 5.41) is 23.6. The summed E-state index contributed by atoms with van der Waals surface area (Å²) >= 11 is 0. The zero-order chi connectivity index (χ0) is 21.6. The lowest BCUT2D eigenvalue weighted by Crippen LogP contribution is -2.28. The molecule has 0 bridgehead atoms. The summed E-state index contributed by atoms with van der Waals surface area (Å²) < 4.78 is 53.3. The number of hydrogen-bond donors (Lipinski definition) is 1. The van der Waals surface area contributed by atoms with Crippen molar-refractivity contribution in [3.05, 3.63) is 41.5 Å². The first-order valence-corrected chi connectivity index (χ1v) is 7.21. The Labute approximate surface area is 143 Å². The topological polar surface area (TPSA) is 74.2 Å². The van der Waals surface area contributed by atoms with E-state index in [1.807, 2.05) is 0 Å². The highest BCUT2D eigenvalue weighted by molar-refractivity contribution is 6.00. The second-order valence-electron chi connectivity index (χ2n) is 5.32. The number of aliphatic hydroxyl groups is 1. The fourth-order valence-electron chi connectivity index (χ4n) is 2.64. The molecule has 3 rings (SSSR count). The van der Waals surface area contributed by atoms with Crippen molar-refractivity contribution in [1.29, 1.82) is 0 Å². The van der Waals surface area contributed by atoms with E-state index in [0.717, 1.165) is 0 Å². The molecule has 0 saturated heterocycles. The minimum absolute atomic E-state index is 0.0452. The van der Waals surface area contributed by atoms with Gasteiger partial charge in [-0.05, 0) is 26.7 Å². The number of ether oxygens (including phenoxy) is 1.